The standard InChI is InChI=1S/C6H14N2O/c7-8-9-6-4-2-1-3-5-6/h6,8H,1-5,7H2. The van der Waals surface area contributed by atoms with Gasteiger partial charge in [0.15, 0.2) is 0 Å². The van der Waals surface area contributed by atoms with Crippen LogP contribution in [0.3, 0.4) is 0 Å². The molecule has 1 fully saturated rings. The molecule has 1 rings (SSSR count). The van der Waals surface area contributed by atoms with Gasteiger partial charge in [-0.25, -0.2) is 5.84 Å². The van der Waals surface area contributed by atoms with Crippen LogP contribution in [0, 0.1) is 0 Å². The predicted octanol–water partition coefficient (Wildman–Crippen LogP) is 0.714. The van der Waals surface area contributed by atoms with Crippen molar-refractivity contribution >= 4 is 0 Å². The first-order valence-corrected chi connectivity index (χ1v) is 3.54. The Morgan fingerprint density at radius 3 is 2.44 bits per heavy atom. The van der Waals surface area contributed by atoms with Crippen LogP contribution in [0.25, 0.3) is 0 Å². The van der Waals surface area contributed by atoms with Crippen LogP contribution in [-0.2, 0) is 4.84 Å². The highest BCUT2D eigenvalue weighted by atomic mass is 16.7. The highest BCUT2D eigenvalue weighted by molar-refractivity contribution is 4.63. The summed E-state index contributed by atoms with van der Waals surface area (Å²) in [5.74, 6) is 4.99. The Balaban J connectivity index is 2.08. The van der Waals surface area contributed by atoms with Crippen LogP contribution in [0.1, 0.15) is 32.1 Å². The maximum absolute atomic E-state index is 5.01. The summed E-state index contributed by atoms with van der Waals surface area (Å²) in [6, 6.07) is 0. The van der Waals surface area contributed by atoms with Crippen LogP contribution >= 0.6 is 0 Å². The molecule has 1 aliphatic rings. The lowest BCUT2D eigenvalue weighted by atomic mass is 9.98. The van der Waals surface area contributed by atoms with E-state index in [0.717, 1.165) is 12.8 Å². The first-order chi connectivity index (χ1) is 4.43. The van der Waals surface area contributed by atoms with Gasteiger partial charge in [-0.15, -0.1) is 5.59 Å². The summed E-state index contributed by atoms with van der Waals surface area (Å²) in [5, 5.41) is 0. The molecule has 0 radical (unpaired) electrons. The first kappa shape index (κ1) is 6.99. The minimum Gasteiger partial charge on any atom is -0.284 e. The maximum atomic E-state index is 5.01. The van der Waals surface area contributed by atoms with E-state index in [1.165, 1.54) is 19.3 Å². The average Bonchev–Trinajstić information content (AvgIpc) is 1.91. The van der Waals surface area contributed by atoms with E-state index in [-0.39, 0.29) is 0 Å². The lowest BCUT2D eigenvalue weighted by molar-refractivity contribution is -0.0423. The van der Waals surface area contributed by atoms with Gasteiger partial charge in [-0.3, -0.25) is 4.84 Å². The summed E-state index contributed by atoms with van der Waals surface area (Å²) in [6.45, 7) is 0. The fourth-order valence-corrected chi connectivity index (χ4v) is 1.28. The van der Waals surface area contributed by atoms with Crippen LogP contribution in [0.2, 0.25) is 0 Å². The number of rotatable bonds is 2. The summed E-state index contributed by atoms with van der Waals surface area (Å²) >= 11 is 0. The Kier molecular flexibility index (Phi) is 2.97. The minimum atomic E-state index is 0.365. The van der Waals surface area contributed by atoms with E-state index in [1.54, 1.807) is 0 Å². The summed E-state index contributed by atoms with van der Waals surface area (Å²) < 4.78 is 0. The number of nitrogens with one attached hydrogen (secondary N) is 1. The molecule has 0 aromatic rings. The van der Waals surface area contributed by atoms with E-state index in [9.17, 15) is 0 Å². The molecule has 3 heteroatoms. The quantitative estimate of drug-likeness (QED) is 0.427. The second-order valence-corrected chi connectivity index (χ2v) is 2.50. The molecule has 1 saturated carbocycles. The minimum absolute atomic E-state index is 0.365. The zero-order chi connectivity index (χ0) is 6.53. The third kappa shape index (κ3) is 2.30. The van der Waals surface area contributed by atoms with Crippen molar-refractivity contribution in [3.8, 4) is 0 Å². The van der Waals surface area contributed by atoms with Crippen molar-refractivity contribution in [2.75, 3.05) is 0 Å². The van der Waals surface area contributed by atoms with Gasteiger partial charge in [0.05, 0.1) is 6.10 Å². The van der Waals surface area contributed by atoms with E-state index >= 15 is 0 Å². The summed E-state index contributed by atoms with van der Waals surface area (Å²) in [7, 11) is 0. The predicted molar refractivity (Wildman–Crippen MR) is 35.3 cm³/mol. The maximum Gasteiger partial charge on any atom is 0.0806 e. The molecule has 0 spiro atoms. The molecule has 0 saturated heterocycles. The van der Waals surface area contributed by atoms with Gasteiger partial charge in [0.25, 0.3) is 0 Å². The lowest BCUT2D eigenvalue weighted by Gasteiger charge is -2.19. The number of hydrogen-bond donors (Lipinski definition) is 2. The molecule has 0 unspecified atom stereocenters. The second-order valence-electron chi connectivity index (χ2n) is 2.50. The normalized spacial score (nSPS) is 22.3. The van der Waals surface area contributed by atoms with E-state index in [4.69, 9.17) is 10.7 Å². The van der Waals surface area contributed by atoms with Crippen molar-refractivity contribution in [3.05, 3.63) is 0 Å². The fraction of sp³-hybridized carbons (Fsp3) is 1.00. The molecule has 0 aromatic heterocycles. The summed E-state index contributed by atoms with van der Waals surface area (Å²) in [6.07, 6.45) is 6.60. The number of hydrogen-bond acceptors (Lipinski definition) is 3. The monoisotopic (exact) mass is 130 g/mol. The smallest absolute Gasteiger partial charge is 0.0806 e. The molecule has 54 valence electrons. The first-order valence-electron chi connectivity index (χ1n) is 3.54. The van der Waals surface area contributed by atoms with Crippen molar-refractivity contribution in [2.24, 2.45) is 5.84 Å². The van der Waals surface area contributed by atoms with Crippen LogP contribution in [0.15, 0.2) is 0 Å². The molecule has 0 amide bonds. The lowest BCUT2D eigenvalue weighted by Crippen LogP contribution is -2.30. The van der Waals surface area contributed by atoms with E-state index < -0.39 is 0 Å². The molecular formula is C6H14N2O. The fourth-order valence-electron chi connectivity index (χ4n) is 1.28. The van der Waals surface area contributed by atoms with Gasteiger partial charge < -0.3 is 0 Å². The Labute approximate surface area is 55.5 Å². The molecule has 1 aliphatic carbocycles. The Hall–Kier alpha value is -0.120. The van der Waals surface area contributed by atoms with Gasteiger partial charge in [0.1, 0.15) is 0 Å². The van der Waals surface area contributed by atoms with Crippen molar-refractivity contribution < 1.29 is 4.84 Å². The van der Waals surface area contributed by atoms with E-state index in [0.29, 0.717) is 6.10 Å². The third-order valence-corrected chi connectivity index (χ3v) is 1.79. The average molecular weight is 130 g/mol. The molecule has 0 aliphatic heterocycles. The molecule has 3 nitrogen and oxygen atoms in total. The SMILES string of the molecule is NNOC1CCCCC1. The third-order valence-electron chi connectivity index (χ3n) is 1.79. The molecule has 9 heavy (non-hydrogen) atoms. The van der Waals surface area contributed by atoms with Gasteiger partial charge in [-0.05, 0) is 12.8 Å². The van der Waals surface area contributed by atoms with Crippen LogP contribution in [-0.4, -0.2) is 6.10 Å². The zero-order valence-corrected chi connectivity index (χ0v) is 5.60. The molecular weight excluding hydrogens is 116 g/mol. The molecule has 3 N–H and O–H groups in total. The summed E-state index contributed by atoms with van der Waals surface area (Å²) in [5.41, 5.74) is 2.24. The topological polar surface area (TPSA) is 47.3 Å². The van der Waals surface area contributed by atoms with E-state index in [1.807, 2.05) is 0 Å². The molecule has 0 heterocycles. The van der Waals surface area contributed by atoms with Crippen LogP contribution in [0.4, 0.5) is 0 Å². The largest absolute Gasteiger partial charge is 0.284 e. The van der Waals surface area contributed by atoms with Crippen molar-refractivity contribution in [1.82, 2.24) is 5.59 Å². The molecule has 0 aromatic carbocycles. The van der Waals surface area contributed by atoms with E-state index in [2.05, 4.69) is 5.59 Å². The van der Waals surface area contributed by atoms with Crippen molar-refractivity contribution in [1.29, 1.82) is 0 Å². The molecule has 0 atom stereocenters. The Bertz CT molecular complexity index is 68.7. The second kappa shape index (κ2) is 3.82. The zero-order valence-electron chi connectivity index (χ0n) is 5.60. The number of hydrazine groups is 1. The van der Waals surface area contributed by atoms with Crippen LogP contribution in [0.5, 0.6) is 0 Å². The highest BCUT2D eigenvalue weighted by Crippen LogP contribution is 2.18. The van der Waals surface area contributed by atoms with Gasteiger partial charge in [-0.2, -0.15) is 0 Å². The van der Waals surface area contributed by atoms with Gasteiger partial charge >= 0.3 is 0 Å². The highest BCUT2D eigenvalue weighted by Gasteiger charge is 2.12. The van der Waals surface area contributed by atoms with Gasteiger partial charge in [0.2, 0.25) is 0 Å². The van der Waals surface area contributed by atoms with Crippen molar-refractivity contribution in [3.63, 3.8) is 0 Å². The Morgan fingerprint density at radius 2 is 1.89 bits per heavy atom. The summed E-state index contributed by atoms with van der Waals surface area (Å²) in [4.78, 5) is 5.01. The van der Waals surface area contributed by atoms with Crippen molar-refractivity contribution in [2.45, 2.75) is 38.2 Å². The van der Waals surface area contributed by atoms with Gasteiger partial charge in [0, 0.05) is 0 Å². The molecule has 0 bridgehead atoms. The Morgan fingerprint density at radius 1 is 1.22 bits per heavy atom. The number of nitrogens with two attached hydrogens (primary N) is 1. The van der Waals surface area contributed by atoms with Gasteiger partial charge in [-0.1, -0.05) is 19.3 Å². The van der Waals surface area contributed by atoms with Crippen LogP contribution < -0.4 is 11.4 Å².